The van der Waals surface area contributed by atoms with Crippen LogP contribution in [0.15, 0.2) is 24.3 Å². The molecule has 2 rings (SSSR count). The molecule has 1 heterocycles. The van der Waals surface area contributed by atoms with E-state index in [2.05, 4.69) is 5.32 Å². The first-order valence-corrected chi connectivity index (χ1v) is 4.85. The molecule has 3 atom stereocenters. The summed E-state index contributed by atoms with van der Waals surface area (Å²) in [6, 6.07) is 7.77. The zero-order chi connectivity index (χ0) is 10.1. The average molecular weight is 193 g/mol. The number of ether oxygens (including phenoxy) is 1. The maximum absolute atomic E-state index is 9.90. The van der Waals surface area contributed by atoms with Crippen LogP contribution in [-0.4, -0.2) is 24.4 Å². The lowest BCUT2D eigenvalue weighted by Crippen LogP contribution is -2.43. The molecule has 0 bridgehead atoms. The molecule has 3 unspecified atom stereocenters. The van der Waals surface area contributed by atoms with Crippen LogP contribution < -0.4 is 10.1 Å². The molecule has 0 aromatic heterocycles. The minimum absolute atomic E-state index is 0.0325. The molecule has 0 saturated heterocycles. The summed E-state index contributed by atoms with van der Waals surface area (Å²) in [7, 11) is 1.85. The highest BCUT2D eigenvalue weighted by Crippen LogP contribution is 2.34. The molecule has 0 spiro atoms. The van der Waals surface area contributed by atoms with Crippen molar-refractivity contribution in [1.29, 1.82) is 0 Å². The van der Waals surface area contributed by atoms with E-state index >= 15 is 0 Å². The third-order valence-electron chi connectivity index (χ3n) is 2.70. The molecule has 0 fully saturated rings. The number of likely N-dealkylation sites (N-methyl/N-ethyl adjacent to an activating group) is 1. The van der Waals surface area contributed by atoms with Gasteiger partial charge < -0.3 is 15.2 Å². The highest BCUT2D eigenvalue weighted by molar-refractivity contribution is 5.38. The number of hydrogen-bond donors (Lipinski definition) is 2. The van der Waals surface area contributed by atoms with E-state index in [1.54, 1.807) is 0 Å². The van der Waals surface area contributed by atoms with Gasteiger partial charge in [0.1, 0.15) is 18.0 Å². The number of benzene rings is 1. The minimum atomic E-state index is -0.491. The molecule has 1 aliphatic rings. The summed E-state index contributed by atoms with van der Waals surface area (Å²) >= 11 is 0. The zero-order valence-electron chi connectivity index (χ0n) is 8.40. The predicted molar refractivity (Wildman–Crippen MR) is 54.3 cm³/mol. The van der Waals surface area contributed by atoms with Crippen LogP contribution in [0.1, 0.15) is 18.5 Å². The van der Waals surface area contributed by atoms with E-state index in [4.69, 9.17) is 4.74 Å². The topological polar surface area (TPSA) is 41.5 Å². The first-order chi connectivity index (χ1) is 6.74. The van der Waals surface area contributed by atoms with Crippen LogP contribution in [0.25, 0.3) is 0 Å². The molecule has 1 aromatic rings. The molecule has 0 saturated carbocycles. The molecule has 3 nitrogen and oxygen atoms in total. The van der Waals surface area contributed by atoms with Crippen molar-refractivity contribution in [2.45, 2.75) is 25.2 Å². The van der Waals surface area contributed by atoms with Crippen molar-refractivity contribution in [1.82, 2.24) is 5.32 Å². The van der Waals surface area contributed by atoms with Crippen molar-refractivity contribution in [3.63, 3.8) is 0 Å². The second-order valence-corrected chi connectivity index (χ2v) is 3.62. The van der Waals surface area contributed by atoms with Crippen LogP contribution >= 0.6 is 0 Å². The maximum atomic E-state index is 9.90. The van der Waals surface area contributed by atoms with Crippen molar-refractivity contribution in [3.05, 3.63) is 29.8 Å². The number of nitrogens with one attached hydrogen (secondary N) is 1. The van der Waals surface area contributed by atoms with E-state index in [0.29, 0.717) is 0 Å². The molecule has 0 aliphatic carbocycles. The lowest BCUT2D eigenvalue weighted by atomic mass is 9.94. The van der Waals surface area contributed by atoms with Gasteiger partial charge in [-0.3, -0.25) is 0 Å². The van der Waals surface area contributed by atoms with Crippen LogP contribution in [0.4, 0.5) is 0 Å². The molecular formula is C11H15NO2. The summed E-state index contributed by atoms with van der Waals surface area (Å²) in [5.74, 6) is 0.865. The quantitative estimate of drug-likeness (QED) is 0.701. The molecular weight excluding hydrogens is 178 g/mol. The monoisotopic (exact) mass is 193 g/mol. The predicted octanol–water partition coefficient (Wildman–Crippen LogP) is 1.09. The zero-order valence-corrected chi connectivity index (χ0v) is 8.40. The fourth-order valence-electron chi connectivity index (χ4n) is 1.90. The number of aliphatic hydroxyl groups excluding tert-OH is 1. The van der Waals surface area contributed by atoms with Crippen LogP contribution in [0.3, 0.4) is 0 Å². The van der Waals surface area contributed by atoms with E-state index in [9.17, 15) is 5.11 Å². The van der Waals surface area contributed by atoms with Crippen LogP contribution in [-0.2, 0) is 0 Å². The Morgan fingerprint density at radius 2 is 2.07 bits per heavy atom. The van der Waals surface area contributed by atoms with Crippen molar-refractivity contribution in [3.8, 4) is 5.75 Å². The molecule has 0 radical (unpaired) electrons. The average Bonchev–Trinajstić information content (AvgIpc) is 2.20. The third kappa shape index (κ3) is 1.38. The SMILES string of the molecule is CNC1c2ccccc2OC(C)C1O. The Morgan fingerprint density at radius 1 is 1.36 bits per heavy atom. The summed E-state index contributed by atoms with van der Waals surface area (Å²) in [6.45, 7) is 1.88. The van der Waals surface area contributed by atoms with Crippen LogP contribution in [0.2, 0.25) is 0 Å². The molecule has 0 amide bonds. The Hall–Kier alpha value is -1.06. The van der Waals surface area contributed by atoms with Gasteiger partial charge in [-0.2, -0.15) is 0 Å². The Morgan fingerprint density at radius 3 is 2.79 bits per heavy atom. The standard InChI is InChI=1S/C11H15NO2/c1-7-11(13)10(12-2)8-5-3-4-6-9(8)14-7/h3-7,10-13H,1-2H3. The minimum Gasteiger partial charge on any atom is -0.488 e. The highest BCUT2D eigenvalue weighted by Gasteiger charge is 2.33. The van der Waals surface area contributed by atoms with Gasteiger partial charge in [0.2, 0.25) is 0 Å². The van der Waals surface area contributed by atoms with Crippen LogP contribution in [0.5, 0.6) is 5.75 Å². The molecule has 2 N–H and O–H groups in total. The number of fused-ring (bicyclic) bond motifs is 1. The van der Waals surface area contributed by atoms with Gasteiger partial charge in [0.15, 0.2) is 0 Å². The summed E-state index contributed by atoms with van der Waals surface area (Å²) in [5, 5.41) is 13.0. The third-order valence-corrected chi connectivity index (χ3v) is 2.70. The first-order valence-electron chi connectivity index (χ1n) is 4.85. The Balaban J connectivity index is 2.42. The van der Waals surface area contributed by atoms with Gasteiger partial charge in [-0.1, -0.05) is 18.2 Å². The highest BCUT2D eigenvalue weighted by atomic mass is 16.5. The van der Waals surface area contributed by atoms with Gasteiger partial charge >= 0.3 is 0 Å². The van der Waals surface area contributed by atoms with Crippen LogP contribution in [0, 0.1) is 0 Å². The second-order valence-electron chi connectivity index (χ2n) is 3.62. The van der Waals surface area contributed by atoms with Gasteiger partial charge in [-0.05, 0) is 20.0 Å². The molecule has 14 heavy (non-hydrogen) atoms. The summed E-state index contributed by atoms with van der Waals surface area (Å²) in [4.78, 5) is 0. The fourth-order valence-corrected chi connectivity index (χ4v) is 1.90. The summed E-state index contributed by atoms with van der Waals surface area (Å²) < 4.78 is 5.59. The number of rotatable bonds is 1. The Labute approximate surface area is 83.7 Å². The number of hydrogen-bond acceptors (Lipinski definition) is 3. The summed E-state index contributed by atoms with van der Waals surface area (Å²) in [6.07, 6.45) is -0.655. The molecule has 1 aromatic carbocycles. The lowest BCUT2D eigenvalue weighted by molar-refractivity contribution is 0.00453. The van der Waals surface area contributed by atoms with Gasteiger partial charge in [0.05, 0.1) is 6.04 Å². The fraction of sp³-hybridized carbons (Fsp3) is 0.455. The number of para-hydroxylation sites is 1. The van der Waals surface area contributed by atoms with Crippen molar-refractivity contribution in [2.75, 3.05) is 7.05 Å². The largest absolute Gasteiger partial charge is 0.488 e. The van der Waals surface area contributed by atoms with E-state index in [-0.39, 0.29) is 12.1 Å². The summed E-state index contributed by atoms with van der Waals surface area (Å²) in [5.41, 5.74) is 1.03. The Bertz CT molecular complexity index is 327. The van der Waals surface area contributed by atoms with E-state index < -0.39 is 6.10 Å². The van der Waals surface area contributed by atoms with Crippen molar-refractivity contribution >= 4 is 0 Å². The molecule has 76 valence electrons. The van der Waals surface area contributed by atoms with E-state index in [1.807, 2.05) is 38.2 Å². The van der Waals surface area contributed by atoms with Gasteiger partial charge in [-0.25, -0.2) is 0 Å². The van der Waals surface area contributed by atoms with Gasteiger partial charge in [0.25, 0.3) is 0 Å². The van der Waals surface area contributed by atoms with Gasteiger partial charge in [0, 0.05) is 5.56 Å². The van der Waals surface area contributed by atoms with Crippen molar-refractivity contribution in [2.24, 2.45) is 0 Å². The van der Waals surface area contributed by atoms with Crippen molar-refractivity contribution < 1.29 is 9.84 Å². The molecule has 1 aliphatic heterocycles. The normalized spacial score (nSPS) is 30.6. The van der Waals surface area contributed by atoms with E-state index in [0.717, 1.165) is 11.3 Å². The van der Waals surface area contributed by atoms with E-state index in [1.165, 1.54) is 0 Å². The lowest BCUT2D eigenvalue weighted by Gasteiger charge is -2.34. The molecule has 3 heteroatoms. The number of aliphatic hydroxyl groups is 1. The first kappa shape index (κ1) is 9.49. The maximum Gasteiger partial charge on any atom is 0.124 e. The second kappa shape index (κ2) is 3.59. The smallest absolute Gasteiger partial charge is 0.124 e. The Kier molecular flexibility index (Phi) is 2.44. The van der Waals surface area contributed by atoms with Gasteiger partial charge in [-0.15, -0.1) is 0 Å².